The number of benzene rings is 2. The summed E-state index contributed by atoms with van der Waals surface area (Å²) in [5.41, 5.74) is 2.58. The van der Waals surface area contributed by atoms with E-state index in [-0.39, 0.29) is 5.91 Å². The first-order valence-electron chi connectivity index (χ1n) is 7.28. The number of carbonyl (C=O) groups excluding carboxylic acids is 1. The van der Waals surface area contributed by atoms with Gasteiger partial charge in [-0.15, -0.1) is 0 Å². The number of methoxy groups -OCH3 is 1. The van der Waals surface area contributed by atoms with Gasteiger partial charge in [-0.05, 0) is 64.3 Å². The van der Waals surface area contributed by atoms with Crippen molar-refractivity contribution in [1.82, 2.24) is 0 Å². The molecule has 1 amide bonds. The Morgan fingerprint density at radius 2 is 2.04 bits per heavy atom. The second-order valence-electron chi connectivity index (χ2n) is 5.34. The number of amides is 1. The van der Waals surface area contributed by atoms with Gasteiger partial charge >= 0.3 is 0 Å². The smallest absolute Gasteiger partial charge is 0.270 e. The minimum absolute atomic E-state index is 0.159. The van der Waals surface area contributed by atoms with Gasteiger partial charge in [-0.1, -0.05) is 47.7 Å². The topological polar surface area (TPSA) is 29.5 Å². The molecule has 128 valence electrons. The Morgan fingerprint density at radius 3 is 2.72 bits per heavy atom. The molecule has 0 N–H and O–H groups in total. The first-order valence-corrected chi connectivity index (χ1v) is 9.68. The first kappa shape index (κ1) is 18.5. The highest BCUT2D eigenvalue weighted by molar-refractivity contribution is 9.10. The molecule has 2 aromatic rings. The molecular formula is C18H13BrClNO2S2. The Balaban J connectivity index is 1.94. The Hall–Kier alpha value is -1.34. The summed E-state index contributed by atoms with van der Waals surface area (Å²) in [6.45, 7) is 1.97. The Kier molecular flexibility index (Phi) is 5.53. The lowest BCUT2D eigenvalue weighted by Crippen LogP contribution is -2.27. The average molecular weight is 455 g/mol. The molecule has 1 heterocycles. The summed E-state index contributed by atoms with van der Waals surface area (Å²) in [6, 6.07) is 11.1. The van der Waals surface area contributed by atoms with Gasteiger partial charge in [0.25, 0.3) is 5.91 Å². The largest absolute Gasteiger partial charge is 0.496 e. The number of aryl methyl sites for hydroxylation is 1. The minimum Gasteiger partial charge on any atom is -0.496 e. The van der Waals surface area contributed by atoms with E-state index in [2.05, 4.69) is 15.9 Å². The molecule has 25 heavy (non-hydrogen) atoms. The van der Waals surface area contributed by atoms with Crippen LogP contribution in [-0.2, 0) is 4.79 Å². The van der Waals surface area contributed by atoms with Crippen LogP contribution in [0.15, 0.2) is 45.8 Å². The van der Waals surface area contributed by atoms with Gasteiger partial charge in [-0.2, -0.15) is 0 Å². The average Bonchev–Trinajstić information content (AvgIpc) is 2.86. The highest BCUT2D eigenvalue weighted by Crippen LogP contribution is 2.38. The van der Waals surface area contributed by atoms with Crippen molar-refractivity contribution in [2.24, 2.45) is 0 Å². The summed E-state index contributed by atoms with van der Waals surface area (Å²) in [7, 11) is 1.63. The number of hydrogen-bond acceptors (Lipinski definition) is 4. The van der Waals surface area contributed by atoms with E-state index in [9.17, 15) is 4.79 Å². The summed E-state index contributed by atoms with van der Waals surface area (Å²) in [4.78, 5) is 14.9. The zero-order chi connectivity index (χ0) is 18.1. The highest BCUT2D eigenvalue weighted by Gasteiger charge is 2.33. The fourth-order valence-corrected chi connectivity index (χ4v) is 4.11. The van der Waals surface area contributed by atoms with Crippen LogP contribution in [0.5, 0.6) is 5.75 Å². The predicted molar refractivity (Wildman–Crippen MR) is 113 cm³/mol. The monoisotopic (exact) mass is 453 g/mol. The lowest BCUT2D eigenvalue weighted by Gasteiger charge is -2.15. The van der Waals surface area contributed by atoms with E-state index in [1.54, 1.807) is 25.3 Å². The van der Waals surface area contributed by atoms with Gasteiger partial charge in [0.2, 0.25) is 0 Å². The maximum absolute atomic E-state index is 12.8. The summed E-state index contributed by atoms with van der Waals surface area (Å²) in [6.07, 6.45) is 1.82. The van der Waals surface area contributed by atoms with E-state index in [1.165, 1.54) is 16.7 Å². The molecule has 1 fully saturated rings. The van der Waals surface area contributed by atoms with Crippen molar-refractivity contribution in [2.45, 2.75) is 6.92 Å². The second-order valence-corrected chi connectivity index (χ2v) is 8.28. The molecule has 3 rings (SSSR count). The summed E-state index contributed by atoms with van der Waals surface area (Å²) in [5, 5.41) is 0.527. The van der Waals surface area contributed by atoms with Crippen LogP contribution in [0.1, 0.15) is 11.1 Å². The normalized spacial score (nSPS) is 16.0. The Labute approximate surface area is 169 Å². The van der Waals surface area contributed by atoms with Gasteiger partial charge in [-0.3, -0.25) is 9.69 Å². The molecule has 0 bridgehead atoms. The Morgan fingerprint density at radius 1 is 1.28 bits per heavy atom. The van der Waals surface area contributed by atoms with Crippen LogP contribution in [0.3, 0.4) is 0 Å². The molecule has 0 radical (unpaired) electrons. The minimum atomic E-state index is -0.159. The molecule has 0 spiro atoms. The second kappa shape index (κ2) is 7.50. The van der Waals surface area contributed by atoms with Gasteiger partial charge in [-0.25, -0.2) is 0 Å². The molecule has 2 aromatic carbocycles. The quantitative estimate of drug-likeness (QED) is 0.431. The van der Waals surface area contributed by atoms with Crippen LogP contribution in [0.4, 0.5) is 5.69 Å². The Bertz CT molecular complexity index is 914. The number of carbonyl (C=O) groups is 1. The van der Waals surface area contributed by atoms with E-state index in [0.717, 1.165) is 21.3 Å². The number of anilines is 1. The standard InChI is InChI=1S/C18H13BrClNO2S2/c1-10-3-4-11(7-15(10)23-2)8-16-17(22)21(18(24)25-16)12-5-6-13(19)14(20)9-12/h3-9H,1-2H3/b16-8+. The van der Waals surface area contributed by atoms with Crippen LogP contribution in [0, 0.1) is 6.92 Å². The van der Waals surface area contributed by atoms with Gasteiger partial charge in [0, 0.05) is 4.47 Å². The number of ether oxygens (including phenoxy) is 1. The molecule has 0 atom stereocenters. The molecule has 1 aliphatic heterocycles. The zero-order valence-electron chi connectivity index (χ0n) is 13.4. The molecule has 1 aliphatic rings. The van der Waals surface area contributed by atoms with Gasteiger partial charge < -0.3 is 4.74 Å². The number of halogens is 2. The predicted octanol–water partition coefficient (Wildman–Crippen LogP) is 5.83. The van der Waals surface area contributed by atoms with Crippen LogP contribution >= 0.6 is 51.5 Å². The number of rotatable bonds is 3. The van der Waals surface area contributed by atoms with Gasteiger partial charge in [0.15, 0.2) is 4.32 Å². The SMILES string of the molecule is COc1cc(/C=C2/SC(=S)N(c3ccc(Br)c(Cl)c3)C2=O)ccc1C. The van der Waals surface area contributed by atoms with Crippen molar-refractivity contribution in [1.29, 1.82) is 0 Å². The van der Waals surface area contributed by atoms with Crippen molar-refractivity contribution in [3.05, 3.63) is 61.9 Å². The van der Waals surface area contributed by atoms with E-state index < -0.39 is 0 Å². The summed E-state index contributed by atoms with van der Waals surface area (Å²) >= 11 is 16.1. The fraction of sp³-hybridized carbons (Fsp3) is 0.111. The molecule has 0 saturated carbocycles. The molecular weight excluding hydrogens is 442 g/mol. The number of thiocarbonyl (C=S) groups is 1. The highest BCUT2D eigenvalue weighted by atomic mass is 79.9. The fourth-order valence-electron chi connectivity index (χ4n) is 2.39. The zero-order valence-corrected chi connectivity index (χ0v) is 17.4. The van der Waals surface area contributed by atoms with Crippen LogP contribution in [0.2, 0.25) is 5.02 Å². The van der Waals surface area contributed by atoms with Crippen molar-refractivity contribution >= 4 is 73.5 Å². The number of nitrogens with zero attached hydrogens (tertiary/aromatic N) is 1. The number of thioether (sulfide) groups is 1. The first-order chi connectivity index (χ1) is 11.9. The van der Waals surface area contributed by atoms with E-state index in [4.69, 9.17) is 28.6 Å². The van der Waals surface area contributed by atoms with Crippen molar-refractivity contribution in [3.8, 4) is 5.75 Å². The third-order valence-corrected chi connectivity index (χ3v) is 6.22. The van der Waals surface area contributed by atoms with Crippen LogP contribution in [0.25, 0.3) is 6.08 Å². The third kappa shape index (κ3) is 3.77. The van der Waals surface area contributed by atoms with E-state index in [0.29, 0.717) is 19.9 Å². The van der Waals surface area contributed by atoms with Crippen LogP contribution < -0.4 is 9.64 Å². The molecule has 0 aliphatic carbocycles. The van der Waals surface area contributed by atoms with Crippen molar-refractivity contribution in [3.63, 3.8) is 0 Å². The van der Waals surface area contributed by atoms with Gasteiger partial charge in [0.1, 0.15) is 5.75 Å². The van der Waals surface area contributed by atoms with E-state index >= 15 is 0 Å². The van der Waals surface area contributed by atoms with Crippen molar-refractivity contribution in [2.75, 3.05) is 12.0 Å². The molecule has 0 aromatic heterocycles. The van der Waals surface area contributed by atoms with Crippen molar-refractivity contribution < 1.29 is 9.53 Å². The van der Waals surface area contributed by atoms with Gasteiger partial charge in [0.05, 0.1) is 22.7 Å². The molecule has 0 unspecified atom stereocenters. The molecule has 7 heteroatoms. The maximum atomic E-state index is 12.8. The lowest BCUT2D eigenvalue weighted by atomic mass is 10.1. The number of hydrogen-bond donors (Lipinski definition) is 0. The third-order valence-electron chi connectivity index (χ3n) is 3.68. The van der Waals surface area contributed by atoms with E-state index in [1.807, 2.05) is 31.2 Å². The summed E-state index contributed by atoms with van der Waals surface area (Å²) < 4.78 is 6.59. The molecule has 1 saturated heterocycles. The van der Waals surface area contributed by atoms with Crippen LogP contribution in [-0.4, -0.2) is 17.3 Å². The maximum Gasteiger partial charge on any atom is 0.270 e. The summed E-state index contributed by atoms with van der Waals surface area (Å²) in [5.74, 6) is 0.622. The lowest BCUT2D eigenvalue weighted by molar-refractivity contribution is -0.113. The molecule has 3 nitrogen and oxygen atoms in total.